The number of hydrogen-bond acceptors (Lipinski definition) is 5. The van der Waals surface area contributed by atoms with E-state index in [0.717, 1.165) is 81.6 Å². The minimum Gasteiger partial charge on any atom is -0.542 e. The van der Waals surface area contributed by atoms with Crippen molar-refractivity contribution in [2.24, 2.45) is 0 Å². The first-order valence-electron chi connectivity index (χ1n) is 15.3. The van der Waals surface area contributed by atoms with Gasteiger partial charge in [0.1, 0.15) is 29.7 Å². The second-order valence-corrected chi connectivity index (χ2v) is 11.2. The SMILES string of the molecule is CCC(=O)CCCCCC(NC(=O)Cc1c(C)[nH]c2ccc(OC)cc12)c1[nH]c(-c2ccc3[nH]ccc3c2)c[nH+]1.O=C([O-])C(F)(F)F. The maximum Gasteiger partial charge on any atom is 0.430 e. The summed E-state index contributed by atoms with van der Waals surface area (Å²) in [4.78, 5) is 47.4. The van der Waals surface area contributed by atoms with Crippen molar-refractivity contribution in [1.29, 1.82) is 0 Å². The van der Waals surface area contributed by atoms with Crippen LogP contribution in [0.2, 0.25) is 0 Å². The molecule has 0 spiro atoms. The van der Waals surface area contributed by atoms with Crippen molar-refractivity contribution in [1.82, 2.24) is 20.3 Å². The van der Waals surface area contributed by atoms with Gasteiger partial charge >= 0.3 is 6.18 Å². The van der Waals surface area contributed by atoms with Crippen molar-refractivity contribution < 1.29 is 42.4 Å². The number of carbonyl (C=O) groups excluding carboxylic acids is 3. The predicted molar refractivity (Wildman–Crippen MR) is 168 cm³/mol. The zero-order valence-corrected chi connectivity index (χ0v) is 26.4. The van der Waals surface area contributed by atoms with E-state index < -0.39 is 12.1 Å². The first-order valence-corrected chi connectivity index (χ1v) is 15.3. The van der Waals surface area contributed by atoms with Crippen LogP contribution in [0.1, 0.15) is 68.6 Å². The first kappa shape index (κ1) is 34.8. The number of imidazole rings is 1. The Bertz CT molecular complexity index is 1840. The summed E-state index contributed by atoms with van der Waals surface area (Å²) in [7, 11) is 1.65. The summed E-state index contributed by atoms with van der Waals surface area (Å²) in [6.07, 6.45) is 3.66. The Kier molecular flexibility index (Phi) is 11.5. The number of aromatic nitrogens is 4. The number of ketones is 1. The number of alkyl halides is 3. The van der Waals surface area contributed by atoms with Gasteiger partial charge in [0.15, 0.2) is 5.69 Å². The number of aliphatic carboxylic acids is 1. The number of rotatable bonds is 13. The quantitative estimate of drug-likeness (QED) is 0.125. The number of methoxy groups -OCH3 is 1. The highest BCUT2D eigenvalue weighted by Crippen LogP contribution is 2.28. The molecule has 5 aromatic rings. The van der Waals surface area contributed by atoms with E-state index in [9.17, 15) is 22.8 Å². The Labute approximate surface area is 269 Å². The molecular weight excluding hydrogens is 615 g/mol. The Morgan fingerprint density at radius 2 is 1.77 bits per heavy atom. The number of unbranched alkanes of at least 4 members (excludes halogenated alkanes) is 2. The molecule has 5 N–H and O–H groups in total. The Morgan fingerprint density at radius 1 is 1.02 bits per heavy atom. The highest BCUT2D eigenvalue weighted by Gasteiger charge is 2.29. The van der Waals surface area contributed by atoms with E-state index in [0.29, 0.717) is 18.6 Å². The summed E-state index contributed by atoms with van der Waals surface area (Å²) in [5, 5.41) is 14.2. The lowest BCUT2D eigenvalue weighted by molar-refractivity contribution is -0.391. The molecule has 47 heavy (non-hydrogen) atoms. The minimum absolute atomic E-state index is 0.0451. The summed E-state index contributed by atoms with van der Waals surface area (Å²) in [6, 6.07) is 14.0. The molecule has 2 aromatic carbocycles. The van der Waals surface area contributed by atoms with Crippen molar-refractivity contribution in [3.05, 3.63) is 71.9 Å². The van der Waals surface area contributed by atoms with E-state index in [-0.39, 0.29) is 18.4 Å². The molecule has 0 aliphatic rings. The van der Waals surface area contributed by atoms with Gasteiger partial charge < -0.3 is 29.9 Å². The third-order valence-electron chi connectivity index (χ3n) is 7.93. The van der Waals surface area contributed by atoms with Crippen LogP contribution in [0.3, 0.4) is 0 Å². The molecule has 3 heterocycles. The number of carboxylic acids is 1. The van der Waals surface area contributed by atoms with Crippen LogP contribution in [-0.4, -0.2) is 45.9 Å². The number of H-pyrrole nitrogens is 4. The molecule has 0 radical (unpaired) electrons. The summed E-state index contributed by atoms with van der Waals surface area (Å²) < 4.78 is 37.0. The molecule has 5 rings (SSSR count). The summed E-state index contributed by atoms with van der Waals surface area (Å²) in [5.41, 5.74) is 6.06. The third-order valence-corrected chi connectivity index (χ3v) is 7.93. The predicted octanol–water partition coefficient (Wildman–Crippen LogP) is 5.40. The third kappa shape index (κ3) is 9.24. The molecule has 1 unspecified atom stereocenters. The second-order valence-electron chi connectivity index (χ2n) is 11.2. The highest BCUT2D eigenvalue weighted by molar-refractivity contribution is 5.91. The molecule has 0 fully saturated rings. The minimum atomic E-state index is -5.19. The fourth-order valence-corrected chi connectivity index (χ4v) is 5.37. The average molecular weight is 654 g/mol. The molecule has 0 saturated heterocycles. The van der Waals surface area contributed by atoms with E-state index >= 15 is 0 Å². The van der Waals surface area contributed by atoms with E-state index in [1.807, 2.05) is 44.4 Å². The van der Waals surface area contributed by atoms with Crippen LogP contribution in [-0.2, 0) is 20.8 Å². The van der Waals surface area contributed by atoms with Crippen LogP contribution < -0.4 is 20.1 Å². The van der Waals surface area contributed by atoms with Gasteiger partial charge in [-0.25, -0.2) is 9.97 Å². The molecule has 1 atom stereocenters. The van der Waals surface area contributed by atoms with E-state index in [1.54, 1.807) is 7.11 Å². The van der Waals surface area contributed by atoms with Crippen LogP contribution in [0.15, 0.2) is 54.9 Å². The summed E-state index contributed by atoms with van der Waals surface area (Å²) in [6.45, 7) is 3.91. The number of hydrogen-bond donors (Lipinski definition) is 4. The van der Waals surface area contributed by atoms with Gasteiger partial charge in [-0.2, -0.15) is 13.2 Å². The fraction of sp³-hybridized carbons (Fsp3) is 0.353. The monoisotopic (exact) mass is 653 g/mol. The summed E-state index contributed by atoms with van der Waals surface area (Å²) in [5.74, 6) is -1.13. The molecule has 0 aliphatic carbocycles. The molecule has 1 amide bonds. The van der Waals surface area contributed by atoms with Gasteiger partial charge in [0.2, 0.25) is 5.91 Å². The lowest BCUT2D eigenvalue weighted by Gasteiger charge is -2.14. The number of nitrogens with one attached hydrogen (secondary N) is 5. The molecule has 0 bridgehead atoms. The normalized spacial score (nSPS) is 12.0. The Morgan fingerprint density at radius 3 is 2.47 bits per heavy atom. The number of fused-ring (bicyclic) bond motifs is 2. The number of aromatic amines is 4. The van der Waals surface area contributed by atoms with E-state index in [1.165, 1.54) is 0 Å². The highest BCUT2D eigenvalue weighted by atomic mass is 19.4. The van der Waals surface area contributed by atoms with Crippen LogP contribution >= 0.6 is 0 Å². The van der Waals surface area contributed by atoms with Crippen LogP contribution in [0.4, 0.5) is 13.2 Å². The van der Waals surface area contributed by atoms with Gasteiger partial charge in [-0.15, -0.1) is 0 Å². The van der Waals surface area contributed by atoms with Gasteiger partial charge in [0.05, 0.1) is 13.5 Å². The largest absolute Gasteiger partial charge is 0.542 e. The number of ether oxygens (including phenoxy) is 1. The Balaban J connectivity index is 0.000000644. The van der Waals surface area contributed by atoms with Crippen molar-refractivity contribution in [2.45, 2.75) is 71.0 Å². The fourth-order valence-electron chi connectivity index (χ4n) is 5.37. The molecule has 0 aliphatic heterocycles. The number of benzene rings is 2. The van der Waals surface area contributed by atoms with Crippen molar-refractivity contribution >= 4 is 39.5 Å². The lowest BCUT2D eigenvalue weighted by Crippen LogP contribution is -2.37. The van der Waals surface area contributed by atoms with Crippen LogP contribution in [0.5, 0.6) is 5.75 Å². The zero-order valence-electron chi connectivity index (χ0n) is 26.4. The zero-order chi connectivity index (χ0) is 34.1. The maximum absolute atomic E-state index is 13.4. The van der Waals surface area contributed by atoms with Gasteiger partial charge in [-0.1, -0.05) is 19.8 Å². The number of carbonyl (C=O) groups is 3. The van der Waals surface area contributed by atoms with Crippen LogP contribution in [0.25, 0.3) is 33.1 Å². The van der Waals surface area contributed by atoms with Gasteiger partial charge in [0, 0.05) is 52.1 Å². The van der Waals surface area contributed by atoms with E-state index in [2.05, 4.69) is 49.5 Å². The lowest BCUT2D eigenvalue weighted by atomic mass is 10.0. The standard InChI is InChI=1S/C32H37N5O3.C2HF3O2/c1-4-23(38)8-6-5-7-9-29(32-34-19-30(37-32)21-10-12-27-22(16-21)14-15-33-27)36-31(39)18-25-20(2)35-28-13-11-24(40-3)17-26(25)28;3-2(4,5)1(6)7/h10-17,19,29,33,35H,4-9,18H2,1-3H3,(H,34,37)(H,36,39);(H,6,7). The van der Waals surface area contributed by atoms with Crippen molar-refractivity contribution in [3.8, 4) is 17.0 Å². The molecular formula is C34H38F3N5O5. The molecule has 10 nitrogen and oxygen atoms in total. The Hall–Kier alpha value is -5.07. The molecule has 3 aromatic heterocycles. The molecule has 250 valence electrons. The van der Waals surface area contributed by atoms with Crippen molar-refractivity contribution in [3.63, 3.8) is 0 Å². The van der Waals surface area contributed by atoms with Crippen LogP contribution in [0, 0.1) is 6.92 Å². The topological polar surface area (TPSA) is 157 Å². The number of aryl methyl sites for hydroxylation is 1. The van der Waals surface area contributed by atoms with Gasteiger partial charge in [-0.3, -0.25) is 9.59 Å². The number of Topliss-reactive ketones (excluding diaryl/α,β-unsaturated/α-hetero) is 1. The van der Waals surface area contributed by atoms with Gasteiger partial charge in [0.25, 0.3) is 5.82 Å². The van der Waals surface area contributed by atoms with Crippen molar-refractivity contribution in [2.75, 3.05) is 7.11 Å². The van der Waals surface area contributed by atoms with E-state index in [4.69, 9.17) is 14.6 Å². The van der Waals surface area contributed by atoms with Gasteiger partial charge in [-0.05, 0) is 67.8 Å². The molecule has 13 heteroatoms. The molecule has 0 saturated carbocycles. The number of carboxylic acid groups (broad SMARTS) is 1. The smallest absolute Gasteiger partial charge is 0.430 e. The first-order chi connectivity index (χ1) is 22.4. The number of amides is 1. The summed E-state index contributed by atoms with van der Waals surface area (Å²) >= 11 is 0. The second kappa shape index (κ2) is 15.5. The average Bonchev–Trinajstić information content (AvgIpc) is 3.78. The number of halogens is 3. The maximum atomic E-state index is 13.4.